The summed E-state index contributed by atoms with van der Waals surface area (Å²) in [6, 6.07) is 7.09. The molecule has 1 aromatic carbocycles. The number of rotatable bonds is 12. The van der Waals surface area contributed by atoms with Gasteiger partial charge in [0.25, 0.3) is 0 Å². The number of amides is 1. The van der Waals surface area contributed by atoms with Crippen molar-refractivity contribution in [3.05, 3.63) is 35.4 Å². The van der Waals surface area contributed by atoms with Crippen molar-refractivity contribution in [1.29, 1.82) is 0 Å². The minimum Gasteiger partial charge on any atom is -0.481 e. The number of benzene rings is 1. The highest BCUT2D eigenvalue weighted by atomic mass is 16.5. The molecule has 0 bridgehead atoms. The lowest BCUT2D eigenvalue weighted by molar-refractivity contribution is -0.143. The van der Waals surface area contributed by atoms with Gasteiger partial charge in [-0.3, -0.25) is 9.59 Å². The van der Waals surface area contributed by atoms with Crippen molar-refractivity contribution in [3.63, 3.8) is 0 Å². The molecule has 10 heteroatoms. The Balaban J connectivity index is 0.000000684. The maximum atomic E-state index is 11.5. The summed E-state index contributed by atoms with van der Waals surface area (Å²) in [5, 5.41) is 27.2. The summed E-state index contributed by atoms with van der Waals surface area (Å²) in [7, 11) is 0. The number of carboxylic acids is 1. The smallest absolute Gasteiger partial charge is 0.306 e. The van der Waals surface area contributed by atoms with Crippen molar-refractivity contribution in [2.24, 2.45) is 27.6 Å². The third kappa shape index (κ3) is 16.3. The summed E-state index contributed by atoms with van der Waals surface area (Å²) in [5.74, 6) is 0.225. The molecule has 0 spiro atoms. The minimum absolute atomic E-state index is 0.0606. The molecule has 1 aromatic rings. The summed E-state index contributed by atoms with van der Waals surface area (Å²) in [6.45, 7) is 10.3. The number of nitrogens with two attached hydrogens (primary N) is 2. The van der Waals surface area contributed by atoms with Gasteiger partial charge in [0.05, 0.1) is 25.0 Å². The van der Waals surface area contributed by atoms with Crippen LogP contribution in [0.2, 0.25) is 0 Å². The first-order chi connectivity index (χ1) is 15.4. The van der Waals surface area contributed by atoms with E-state index in [1.165, 1.54) is 0 Å². The van der Waals surface area contributed by atoms with Crippen molar-refractivity contribution in [3.8, 4) is 0 Å². The van der Waals surface area contributed by atoms with Crippen LogP contribution < -0.4 is 16.8 Å². The standard InChI is InChI=1S/C13H19N5O2.C10H20O3/c1-9(14)17-18-13(15)11-4-2-10(3-5-11)8-12(20)16-6-7-19;1-8(2)5-6-13-10(3,4)7-9(11)12/h2-5,19H,6-8H2,1H3,(H2,14,17)(H2,15,18)(H,16,20);8H,5-7H2,1-4H3,(H,11,12). The van der Waals surface area contributed by atoms with Crippen molar-refractivity contribution in [1.82, 2.24) is 5.32 Å². The fraction of sp³-hybridized carbons (Fsp3) is 0.565. The number of nitrogens with zero attached hydrogens (tertiary/aromatic N) is 2. The molecule has 0 radical (unpaired) electrons. The van der Waals surface area contributed by atoms with Gasteiger partial charge in [-0.05, 0) is 38.7 Å². The topological polar surface area (TPSA) is 173 Å². The Hall–Kier alpha value is -2.98. The van der Waals surface area contributed by atoms with Gasteiger partial charge in [0, 0.05) is 18.7 Å². The molecule has 0 aliphatic rings. The molecule has 0 aliphatic carbocycles. The lowest BCUT2D eigenvalue weighted by Crippen LogP contribution is -2.28. The first-order valence-corrected chi connectivity index (χ1v) is 10.8. The zero-order chi connectivity index (χ0) is 25.4. The van der Waals surface area contributed by atoms with E-state index in [0.29, 0.717) is 23.9 Å². The molecule has 0 aromatic heterocycles. The SMILES string of the molecule is C/C(N)=N/N=C(\N)c1ccc(CC(=O)NCCO)cc1.CC(C)CCOC(C)(C)CC(=O)O. The van der Waals surface area contributed by atoms with E-state index < -0.39 is 11.6 Å². The van der Waals surface area contributed by atoms with E-state index in [2.05, 4.69) is 29.4 Å². The molecule has 0 fully saturated rings. The maximum absolute atomic E-state index is 11.5. The number of carbonyl (C=O) groups excluding carboxylic acids is 1. The lowest BCUT2D eigenvalue weighted by Gasteiger charge is -2.23. The average Bonchev–Trinajstić information content (AvgIpc) is 2.70. The van der Waals surface area contributed by atoms with Crippen molar-refractivity contribution in [2.75, 3.05) is 19.8 Å². The maximum Gasteiger partial charge on any atom is 0.306 e. The highest BCUT2D eigenvalue weighted by molar-refractivity contribution is 5.97. The number of aliphatic carboxylic acids is 1. The molecule has 7 N–H and O–H groups in total. The van der Waals surface area contributed by atoms with Crippen LogP contribution in [-0.2, 0) is 20.7 Å². The molecule has 33 heavy (non-hydrogen) atoms. The second-order valence-electron chi connectivity index (χ2n) is 8.54. The average molecular weight is 466 g/mol. The van der Waals surface area contributed by atoms with Crippen LogP contribution >= 0.6 is 0 Å². The Morgan fingerprint density at radius 1 is 1.15 bits per heavy atom. The zero-order valence-corrected chi connectivity index (χ0v) is 20.3. The normalized spacial score (nSPS) is 12.2. The Labute approximate surface area is 196 Å². The number of amidine groups is 2. The lowest BCUT2D eigenvalue weighted by atomic mass is 10.1. The van der Waals surface area contributed by atoms with Gasteiger partial charge in [-0.25, -0.2) is 0 Å². The molecule has 0 unspecified atom stereocenters. The highest BCUT2D eigenvalue weighted by Crippen LogP contribution is 2.15. The second-order valence-corrected chi connectivity index (χ2v) is 8.54. The van der Waals surface area contributed by atoms with Crippen LogP contribution in [0.25, 0.3) is 0 Å². The van der Waals surface area contributed by atoms with Gasteiger partial charge in [-0.1, -0.05) is 38.1 Å². The molecule has 1 amide bonds. The fourth-order valence-corrected chi connectivity index (χ4v) is 2.41. The summed E-state index contributed by atoms with van der Waals surface area (Å²) in [4.78, 5) is 21.9. The number of carboxylic acid groups (broad SMARTS) is 1. The molecule has 186 valence electrons. The monoisotopic (exact) mass is 465 g/mol. The first kappa shape index (κ1) is 30.0. The van der Waals surface area contributed by atoms with Crippen LogP contribution in [0.1, 0.15) is 58.6 Å². The Morgan fingerprint density at radius 2 is 1.76 bits per heavy atom. The van der Waals surface area contributed by atoms with Gasteiger partial charge in [-0.2, -0.15) is 0 Å². The molecule has 0 heterocycles. The molecule has 0 saturated carbocycles. The van der Waals surface area contributed by atoms with Gasteiger partial charge in [0.15, 0.2) is 5.84 Å². The third-order valence-corrected chi connectivity index (χ3v) is 4.13. The number of aliphatic hydroxyl groups is 1. The Bertz CT molecular complexity index is 785. The van der Waals surface area contributed by atoms with E-state index in [1.54, 1.807) is 45.0 Å². The van der Waals surface area contributed by atoms with Crippen molar-refractivity contribution in [2.45, 2.75) is 59.5 Å². The van der Waals surface area contributed by atoms with Gasteiger partial charge in [-0.15, -0.1) is 10.2 Å². The largest absolute Gasteiger partial charge is 0.481 e. The van der Waals surface area contributed by atoms with E-state index >= 15 is 0 Å². The summed E-state index contributed by atoms with van der Waals surface area (Å²) < 4.78 is 5.47. The molecular formula is C23H39N5O5. The quantitative estimate of drug-likeness (QED) is 0.177. The highest BCUT2D eigenvalue weighted by Gasteiger charge is 2.22. The van der Waals surface area contributed by atoms with E-state index in [0.717, 1.165) is 12.0 Å². The second kappa shape index (κ2) is 15.8. The molecule has 10 nitrogen and oxygen atoms in total. The van der Waals surface area contributed by atoms with Crippen LogP contribution in [0.5, 0.6) is 0 Å². The molecule has 0 saturated heterocycles. The predicted octanol–water partition coefficient (Wildman–Crippen LogP) is 1.64. The first-order valence-electron chi connectivity index (χ1n) is 10.8. The van der Waals surface area contributed by atoms with Crippen LogP contribution in [-0.4, -0.2) is 59.1 Å². The Kier molecular flexibility index (Phi) is 14.3. The molecule has 0 atom stereocenters. The summed E-state index contributed by atoms with van der Waals surface area (Å²) >= 11 is 0. The number of aliphatic hydroxyl groups excluding tert-OH is 1. The van der Waals surface area contributed by atoms with Gasteiger partial charge in [0.2, 0.25) is 5.91 Å². The van der Waals surface area contributed by atoms with Crippen LogP contribution in [0.4, 0.5) is 0 Å². The van der Waals surface area contributed by atoms with E-state index in [9.17, 15) is 9.59 Å². The molecular weight excluding hydrogens is 426 g/mol. The van der Waals surface area contributed by atoms with Gasteiger partial charge >= 0.3 is 5.97 Å². The molecule has 1 rings (SSSR count). The van der Waals surface area contributed by atoms with E-state index in [1.807, 2.05) is 0 Å². The van der Waals surface area contributed by atoms with Crippen LogP contribution in [0.3, 0.4) is 0 Å². The fourth-order valence-electron chi connectivity index (χ4n) is 2.41. The number of nitrogens with one attached hydrogen (secondary N) is 1. The number of carbonyl (C=O) groups is 2. The minimum atomic E-state index is -0.811. The van der Waals surface area contributed by atoms with Crippen molar-refractivity contribution < 1.29 is 24.5 Å². The van der Waals surface area contributed by atoms with Gasteiger partial charge in [0.1, 0.15) is 5.84 Å². The number of ether oxygens (including phenoxy) is 1. The van der Waals surface area contributed by atoms with Gasteiger partial charge < -0.3 is 31.7 Å². The van der Waals surface area contributed by atoms with E-state index in [4.69, 9.17) is 26.4 Å². The van der Waals surface area contributed by atoms with Crippen LogP contribution in [0.15, 0.2) is 34.5 Å². The van der Waals surface area contributed by atoms with Crippen molar-refractivity contribution >= 4 is 23.5 Å². The predicted molar refractivity (Wildman–Crippen MR) is 130 cm³/mol. The third-order valence-electron chi connectivity index (χ3n) is 4.13. The zero-order valence-electron chi connectivity index (χ0n) is 20.3. The Morgan fingerprint density at radius 3 is 2.24 bits per heavy atom. The summed E-state index contributed by atoms with van der Waals surface area (Å²) in [6.07, 6.45) is 1.28. The number of hydrogen-bond donors (Lipinski definition) is 5. The van der Waals surface area contributed by atoms with Crippen LogP contribution in [0, 0.1) is 5.92 Å². The van der Waals surface area contributed by atoms with E-state index in [-0.39, 0.29) is 37.7 Å². The molecule has 0 aliphatic heterocycles. The summed E-state index contributed by atoms with van der Waals surface area (Å²) in [5.41, 5.74) is 12.1. The number of hydrogen-bond acceptors (Lipinski definition) is 6.